The second-order valence-corrected chi connectivity index (χ2v) is 3.83. The van der Waals surface area contributed by atoms with E-state index in [1.165, 1.54) is 12.1 Å². The number of benzene rings is 1. The van der Waals surface area contributed by atoms with Gasteiger partial charge in [0.15, 0.2) is 0 Å². The first-order valence-corrected chi connectivity index (χ1v) is 4.75. The molecule has 13 heavy (non-hydrogen) atoms. The van der Waals surface area contributed by atoms with E-state index in [4.69, 9.17) is 11.6 Å². The van der Waals surface area contributed by atoms with Crippen molar-refractivity contribution in [1.29, 1.82) is 0 Å². The van der Waals surface area contributed by atoms with Gasteiger partial charge in [-0.1, -0.05) is 11.6 Å². The molecule has 4 heteroatoms. The largest absolute Gasteiger partial charge is 0.236 e. The van der Waals surface area contributed by atoms with Gasteiger partial charge in [-0.25, -0.2) is 9.37 Å². The molecule has 1 nitrogen and oxygen atoms in total. The maximum Gasteiger partial charge on any atom is 0.129 e. The number of hydrogen-bond donors (Lipinski definition) is 0. The molecule has 0 N–H and O–H groups in total. The van der Waals surface area contributed by atoms with Crippen molar-refractivity contribution >= 4 is 38.4 Å². The van der Waals surface area contributed by atoms with Crippen LogP contribution >= 0.6 is 27.5 Å². The van der Waals surface area contributed by atoms with Crippen LogP contribution in [0.5, 0.6) is 0 Å². The third-order valence-electron chi connectivity index (χ3n) is 1.69. The zero-order chi connectivity index (χ0) is 9.42. The Balaban J connectivity index is 2.86. The van der Waals surface area contributed by atoms with Gasteiger partial charge in [-0.05, 0) is 34.1 Å². The molecule has 0 aliphatic heterocycles. The topological polar surface area (TPSA) is 12.9 Å². The van der Waals surface area contributed by atoms with Crippen molar-refractivity contribution in [3.05, 3.63) is 39.7 Å². The molecule has 0 atom stereocenters. The molecule has 0 spiro atoms. The minimum atomic E-state index is -0.325. The third-order valence-corrected chi connectivity index (χ3v) is 2.55. The van der Waals surface area contributed by atoms with E-state index in [9.17, 15) is 4.39 Å². The molecular formula is C9H4BrClFN. The normalized spacial score (nSPS) is 10.7. The summed E-state index contributed by atoms with van der Waals surface area (Å²) in [4.78, 5) is 3.99. The maximum atomic E-state index is 12.9. The number of pyridine rings is 1. The Hall–Kier alpha value is -0.670. The van der Waals surface area contributed by atoms with Gasteiger partial charge in [0.1, 0.15) is 11.0 Å². The highest BCUT2D eigenvalue weighted by atomic mass is 79.9. The summed E-state index contributed by atoms with van der Waals surface area (Å²) in [6, 6.07) is 6.23. The van der Waals surface area contributed by atoms with Crippen LogP contribution in [0.2, 0.25) is 5.15 Å². The summed E-state index contributed by atoms with van der Waals surface area (Å²) >= 11 is 8.92. The summed E-state index contributed by atoms with van der Waals surface area (Å²) < 4.78 is 13.6. The molecule has 0 saturated carbocycles. The smallest absolute Gasteiger partial charge is 0.129 e. The monoisotopic (exact) mass is 259 g/mol. The number of rotatable bonds is 0. The lowest BCUT2D eigenvalue weighted by Gasteiger charge is -2.00. The number of fused-ring (bicyclic) bond motifs is 1. The lowest BCUT2D eigenvalue weighted by molar-refractivity contribution is 0.628. The van der Waals surface area contributed by atoms with E-state index in [-0.39, 0.29) is 5.82 Å². The Labute approximate surface area is 87.7 Å². The second-order valence-electron chi connectivity index (χ2n) is 2.59. The zero-order valence-corrected chi connectivity index (χ0v) is 8.73. The fourth-order valence-electron chi connectivity index (χ4n) is 1.13. The standard InChI is InChI=1S/C9H4BrClFN/c10-7-3-5(12)4-8-6(7)1-2-9(11)13-8/h1-4H. The van der Waals surface area contributed by atoms with E-state index >= 15 is 0 Å². The fraction of sp³-hybridized carbons (Fsp3) is 0. The maximum absolute atomic E-state index is 12.9. The van der Waals surface area contributed by atoms with Crippen LogP contribution in [-0.2, 0) is 0 Å². The van der Waals surface area contributed by atoms with E-state index < -0.39 is 0 Å². The van der Waals surface area contributed by atoms with Crippen LogP contribution in [0.25, 0.3) is 10.9 Å². The van der Waals surface area contributed by atoms with Gasteiger partial charge in [-0.2, -0.15) is 0 Å². The third kappa shape index (κ3) is 1.67. The highest BCUT2D eigenvalue weighted by molar-refractivity contribution is 9.10. The minimum Gasteiger partial charge on any atom is -0.236 e. The first-order chi connectivity index (χ1) is 6.16. The van der Waals surface area contributed by atoms with Crippen LogP contribution in [0.1, 0.15) is 0 Å². The Bertz CT molecular complexity index is 467. The first-order valence-electron chi connectivity index (χ1n) is 3.58. The molecule has 1 aromatic carbocycles. The van der Waals surface area contributed by atoms with Crippen molar-refractivity contribution in [3.8, 4) is 0 Å². The molecule has 0 aliphatic rings. The number of aromatic nitrogens is 1. The Kier molecular flexibility index (Phi) is 2.22. The second kappa shape index (κ2) is 3.24. The molecule has 1 aromatic heterocycles. The quantitative estimate of drug-likeness (QED) is 0.657. The van der Waals surface area contributed by atoms with Crippen LogP contribution in [0, 0.1) is 5.82 Å². The average Bonchev–Trinajstić information content (AvgIpc) is 2.02. The van der Waals surface area contributed by atoms with Crippen molar-refractivity contribution in [2.75, 3.05) is 0 Å². The summed E-state index contributed by atoms with van der Waals surface area (Å²) in [7, 11) is 0. The minimum absolute atomic E-state index is 0.325. The summed E-state index contributed by atoms with van der Waals surface area (Å²) in [6.45, 7) is 0. The van der Waals surface area contributed by atoms with Gasteiger partial charge in [0.25, 0.3) is 0 Å². The number of nitrogens with zero attached hydrogens (tertiary/aromatic N) is 1. The predicted octanol–water partition coefficient (Wildman–Crippen LogP) is 3.79. The first kappa shape index (κ1) is 8.91. The summed E-state index contributed by atoms with van der Waals surface area (Å²) in [5.74, 6) is -0.325. The molecule has 0 radical (unpaired) electrons. The van der Waals surface area contributed by atoms with Crippen LogP contribution in [0.15, 0.2) is 28.7 Å². The van der Waals surface area contributed by atoms with Crippen molar-refractivity contribution < 1.29 is 4.39 Å². The van der Waals surface area contributed by atoms with Gasteiger partial charge < -0.3 is 0 Å². The molecule has 2 aromatic rings. The highest BCUT2D eigenvalue weighted by Gasteiger charge is 2.03. The predicted molar refractivity (Wildman–Crippen MR) is 54.4 cm³/mol. The molecule has 2 rings (SSSR count). The van der Waals surface area contributed by atoms with Crippen molar-refractivity contribution in [2.45, 2.75) is 0 Å². The van der Waals surface area contributed by atoms with Crippen molar-refractivity contribution in [3.63, 3.8) is 0 Å². The van der Waals surface area contributed by atoms with E-state index in [0.29, 0.717) is 15.1 Å². The van der Waals surface area contributed by atoms with E-state index in [1.807, 2.05) is 0 Å². The summed E-state index contributed by atoms with van der Waals surface area (Å²) in [6.07, 6.45) is 0. The van der Waals surface area contributed by atoms with Crippen LogP contribution in [-0.4, -0.2) is 4.98 Å². The van der Waals surface area contributed by atoms with E-state index in [2.05, 4.69) is 20.9 Å². The molecule has 66 valence electrons. The van der Waals surface area contributed by atoms with Gasteiger partial charge in [0, 0.05) is 15.9 Å². The SMILES string of the molecule is Fc1cc(Br)c2ccc(Cl)nc2c1. The summed E-state index contributed by atoms with van der Waals surface area (Å²) in [5, 5.41) is 1.22. The van der Waals surface area contributed by atoms with Gasteiger partial charge in [0.2, 0.25) is 0 Å². The molecule has 1 heterocycles. The van der Waals surface area contributed by atoms with Crippen LogP contribution in [0.4, 0.5) is 4.39 Å². The molecule has 0 bridgehead atoms. The van der Waals surface area contributed by atoms with Crippen LogP contribution in [0.3, 0.4) is 0 Å². The average molecular weight is 260 g/mol. The van der Waals surface area contributed by atoms with Gasteiger partial charge in [-0.3, -0.25) is 0 Å². The Morgan fingerprint density at radius 3 is 2.85 bits per heavy atom. The van der Waals surface area contributed by atoms with E-state index in [0.717, 1.165) is 5.39 Å². The molecule has 0 unspecified atom stereocenters. The van der Waals surface area contributed by atoms with Crippen LogP contribution < -0.4 is 0 Å². The Morgan fingerprint density at radius 2 is 2.08 bits per heavy atom. The summed E-state index contributed by atoms with van der Waals surface area (Å²) in [5.41, 5.74) is 0.555. The fourth-order valence-corrected chi connectivity index (χ4v) is 1.84. The zero-order valence-electron chi connectivity index (χ0n) is 6.39. The molecule has 0 amide bonds. The number of halogens is 3. The van der Waals surface area contributed by atoms with E-state index in [1.54, 1.807) is 12.1 Å². The molecule has 0 aliphatic carbocycles. The lowest BCUT2D eigenvalue weighted by Crippen LogP contribution is -1.83. The van der Waals surface area contributed by atoms with Gasteiger partial charge in [-0.15, -0.1) is 0 Å². The lowest BCUT2D eigenvalue weighted by atomic mass is 10.2. The van der Waals surface area contributed by atoms with Crippen molar-refractivity contribution in [1.82, 2.24) is 4.98 Å². The van der Waals surface area contributed by atoms with Gasteiger partial charge in [0.05, 0.1) is 5.52 Å². The Morgan fingerprint density at radius 1 is 1.31 bits per heavy atom. The molecular weight excluding hydrogens is 256 g/mol. The molecule has 0 fully saturated rings. The highest BCUT2D eigenvalue weighted by Crippen LogP contribution is 2.25. The molecule has 0 saturated heterocycles. The van der Waals surface area contributed by atoms with Gasteiger partial charge >= 0.3 is 0 Å². The number of hydrogen-bond acceptors (Lipinski definition) is 1. The van der Waals surface area contributed by atoms with Crippen molar-refractivity contribution in [2.24, 2.45) is 0 Å².